The Bertz CT molecular complexity index is 517. The molecule has 0 aromatic heterocycles. The molecule has 0 radical (unpaired) electrons. The summed E-state index contributed by atoms with van der Waals surface area (Å²) in [6, 6.07) is 0. The molecule has 23 heavy (non-hydrogen) atoms. The van der Waals surface area contributed by atoms with Crippen LogP contribution in [0.2, 0.25) is 0 Å². The van der Waals surface area contributed by atoms with E-state index in [0.717, 1.165) is 32.1 Å². The Labute approximate surface area is 139 Å². The number of aliphatic hydroxyl groups is 3. The molecule has 4 rings (SSSR count). The van der Waals surface area contributed by atoms with Gasteiger partial charge in [0.25, 0.3) is 0 Å². The molecule has 0 heterocycles. The van der Waals surface area contributed by atoms with E-state index >= 15 is 0 Å². The highest BCUT2D eigenvalue weighted by atomic mass is 16.3. The Balaban J connectivity index is 1.73. The molecule has 0 bridgehead atoms. The first kappa shape index (κ1) is 16.1. The third kappa shape index (κ3) is 1.99. The van der Waals surface area contributed by atoms with Gasteiger partial charge >= 0.3 is 0 Å². The van der Waals surface area contributed by atoms with E-state index in [1.54, 1.807) is 0 Å². The molecule has 7 unspecified atom stereocenters. The van der Waals surface area contributed by atoms with Gasteiger partial charge in [0.1, 0.15) is 0 Å². The quantitative estimate of drug-likeness (QED) is 0.602. The number of aliphatic hydroxyl groups excluding tert-OH is 3. The molecule has 4 saturated carbocycles. The molecule has 3 heteroatoms. The Kier molecular flexibility index (Phi) is 3.54. The van der Waals surface area contributed by atoms with Crippen molar-refractivity contribution in [2.24, 2.45) is 34.5 Å². The molecular weight excluding hydrogens is 288 g/mol. The predicted octanol–water partition coefficient (Wildman–Crippen LogP) is 2.89. The molecular formula is C20H32O3. The Hall–Kier alpha value is -0.380. The maximum absolute atomic E-state index is 11.0. The smallest absolute Gasteiger partial charge is 0.0836 e. The highest BCUT2D eigenvalue weighted by molar-refractivity contribution is 5.23. The highest BCUT2D eigenvalue weighted by Crippen LogP contribution is 2.67. The molecule has 3 nitrogen and oxygen atoms in total. The van der Waals surface area contributed by atoms with Crippen LogP contribution in [0, 0.1) is 34.5 Å². The molecule has 130 valence electrons. The lowest BCUT2D eigenvalue weighted by molar-refractivity contribution is -0.217. The zero-order chi connectivity index (χ0) is 16.6. The van der Waals surface area contributed by atoms with Crippen LogP contribution in [0.4, 0.5) is 0 Å². The Morgan fingerprint density at radius 2 is 1.65 bits per heavy atom. The van der Waals surface area contributed by atoms with Crippen molar-refractivity contribution in [2.75, 3.05) is 0 Å². The minimum absolute atomic E-state index is 0.0384. The van der Waals surface area contributed by atoms with Crippen LogP contribution in [0.1, 0.15) is 58.8 Å². The van der Waals surface area contributed by atoms with Crippen molar-refractivity contribution < 1.29 is 15.3 Å². The summed E-state index contributed by atoms with van der Waals surface area (Å²) >= 11 is 0. The summed E-state index contributed by atoms with van der Waals surface area (Å²) < 4.78 is 0. The Morgan fingerprint density at radius 3 is 2.39 bits per heavy atom. The van der Waals surface area contributed by atoms with Gasteiger partial charge in [0, 0.05) is 0 Å². The molecule has 0 aliphatic heterocycles. The van der Waals surface area contributed by atoms with Gasteiger partial charge in [-0.3, -0.25) is 0 Å². The van der Waals surface area contributed by atoms with Gasteiger partial charge < -0.3 is 15.3 Å². The average molecular weight is 320 g/mol. The monoisotopic (exact) mass is 320 g/mol. The summed E-state index contributed by atoms with van der Waals surface area (Å²) in [6.45, 7) is 8.98. The minimum Gasteiger partial charge on any atom is -0.393 e. The third-order valence-corrected chi connectivity index (χ3v) is 8.68. The number of allylic oxidation sites excluding steroid dienone is 1. The topological polar surface area (TPSA) is 60.7 Å². The van der Waals surface area contributed by atoms with Crippen molar-refractivity contribution in [3.05, 3.63) is 12.2 Å². The lowest BCUT2D eigenvalue weighted by atomic mass is 9.43. The maximum atomic E-state index is 11.0. The fraction of sp³-hybridized carbons (Fsp3) is 0.900. The predicted molar refractivity (Wildman–Crippen MR) is 89.7 cm³/mol. The lowest BCUT2D eigenvalue weighted by Crippen LogP contribution is -2.63. The fourth-order valence-electron chi connectivity index (χ4n) is 7.15. The van der Waals surface area contributed by atoms with Crippen molar-refractivity contribution in [1.29, 1.82) is 0 Å². The van der Waals surface area contributed by atoms with Crippen molar-refractivity contribution in [2.45, 2.75) is 77.1 Å². The van der Waals surface area contributed by atoms with E-state index in [0.29, 0.717) is 18.3 Å². The number of fused-ring (bicyclic) bond motifs is 5. The lowest BCUT2D eigenvalue weighted by Gasteiger charge is -2.63. The van der Waals surface area contributed by atoms with Crippen LogP contribution < -0.4 is 0 Å². The van der Waals surface area contributed by atoms with E-state index in [9.17, 15) is 15.3 Å². The van der Waals surface area contributed by atoms with Gasteiger partial charge in [-0.25, -0.2) is 0 Å². The maximum Gasteiger partial charge on any atom is 0.0836 e. The van der Waals surface area contributed by atoms with Crippen molar-refractivity contribution in [1.82, 2.24) is 0 Å². The van der Waals surface area contributed by atoms with Gasteiger partial charge in [0.2, 0.25) is 0 Å². The van der Waals surface area contributed by atoms with Gasteiger partial charge in [-0.2, -0.15) is 0 Å². The zero-order valence-corrected chi connectivity index (χ0v) is 14.5. The summed E-state index contributed by atoms with van der Waals surface area (Å²) in [4.78, 5) is 0. The van der Waals surface area contributed by atoms with Gasteiger partial charge in [-0.05, 0) is 79.4 Å². The van der Waals surface area contributed by atoms with Crippen molar-refractivity contribution in [3.63, 3.8) is 0 Å². The van der Waals surface area contributed by atoms with E-state index in [2.05, 4.69) is 20.4 Å². The molecule has 4 aliphatic carbocycles. The summed E-state index contributed by atoms with van der Waals surface area (Å²) in [5, 5.41) is 32.0. The van der Waals surface area contributed by atoms with E-state index in [1.165, 1.54) is 12.0 Å². The molecule has 0 saturated heterocycles. The van der Waals surface area contributed by atoms with E-state index in [1.807, 2.05) is 0 Å². The number of hydrogen-bond acceptors (Lipinski definition) is 3. The summed E-state index contributed by atoms with van der Waals surface area (Å²) in [5.74, 6) is 1.17. The number of hydrogen-bond donors (Lipinski definition) is 3. The first-order chi connectivity index (χ1) is 10.8. The second-order valence-corrected chi connectivity index (χ2v) is 9.41. The molecule has 3 N–H and O–H groups in total. The van der Waals surface area contributed by atoms with Crippen LogP contribution in [0.5, 0.6) is 0 Å². The van der Waals surface area contributed by atoms with Gasteiger partial charge in [-0.15, -0.1) is 0 Å². The fourth-order valence-corrected chi connectivity index (χ4v) is 7.15. The molecule has 0 amide bonds. The molecule has 0 aromatic carbocycles. The van der Waals surface area contributed by atoms with E-state index < -0.39 is 12.2 Å². The summed E-state index contributed by atoms with van der Waals surface area (Å²) in [5.41, 5.74) is 1.57. The first-order valence-corrected chi connectivity index (χ1v) is 9.51. The molecule has 4 aliphatic rings. The zero-order valence-electron chi connectivity index (χ0n) is 14.5. The largest absolute Gasteiger partial charge is 0.393 e. The van der Waals surface area contributed by atoms with E-state index in [-0.39, 0.29) is 28.8 Å². The van der Waals surface area contributed by atoms with E-state index in [4.69, 9.17) is 0 Å². The molecule has 0 spiro atoms. The summed E-state index contributed by atoms with van der Waals surface area (Å²) in [7, 11) is 0. The normalized spacial score (nSPS) is 59.2. The highest BCUT2D eigenvalue weighted by Gasteiger charge is 2.63. The van der Waals surface area contributed by atoms with Crippen LogP contribution in [0.15, 0.2) is 12.2 Å². The van der Waals surface area contributed by atoms with Gasteiger partial charge in [0.15, 0.2) is 0 Å². The van der Waals surface area contributed by atoms with Gasteiger partial charge in [0.05, 0.1) is 18.3 Å². The van der Waals surface area contributed by atoms with Crippen LogP contribution >= 0.6 is 0 Å². The second kappa shape index (κ2) is 5.06. The number of rotatable bonds is 0. The summed E-state index contributed by atoms with van der Waals surface area (Å²) in [6.07, 6.45) is 5.32. The van der Waals surface area contributed by atoms with Crippen LogP contribution in [-0.4, -0.2) is 33.6 Å². The van der Waals surface area contributed by atoms with Crippen molar-refractivity contribution >= 4 is 0 Å². The molecule has 9 atom stereocenters. The molecule has 4 fully saturated rings. The molecule has 0 aromatic rings. The Morgan fingerprint density at radius 1 is 0.913 bits per heavy atom. The van der Waals surface area contributed by atoms with Crippen LogP contribution in [0.25, 0.3) is 0 Å². The third-order valence-electron chi connectivity index (χ3n) is 8.68. The first-order valence-electron chi connectivity index (χ1n) is 9.51. The average Bonchev–Trinajstić information content (AvgIpc) is 2.82. The van der Waals surface area contributed by atoms with Crippen molar-refractivity contribution in [3.8, 4) is 0 Å². The van der Waals surface area contributed by atoms with Crippen LogP contribution in [-0.2, 0) is 0 Å². The second-order valence-electron chi connectivity index (χ2n) is 9.41. The SMILES string of the molecule is C=C1CCC2C3C(O)[C@H](O)C4CC(O)CCC4(C)[C@H]3CCC12C. The minimum atomic E-state index is -0.688. The standard InChI is InChI=1S/C20H32O3/c1-11-4-5-13-16-14(7-9-19(11,13)2)20(3)8-6-12(21)10-15(20)17(22)18(16)23/h12-18,21-23H,1,4-10H2,2-3H3/t12?,13?,14-,15?,16?,17+,18?,19?,20?/m0/s1. The van der Waals surface area contributed by atoms with Crippen LogP contribution in [0.3, 0.4) is 0 Å². The van der Waals surface area contributed by atoms with Gasteiger partial charge in [-0.1, -0.05) is 26.0 Å².